The van der Waals surface area contributed by atoms with Crippen molar-refractivity contribution in [1.82, 2.24) is 0 Å². The van der Waals surface area contributed by atoms with Gasteiger partial charge in [-0.1, -0.05) is 273 Å². The molecule has 6 heteroatoms. The molecule has 0 saturated carbocycles. The number of hydrogen-bond donors (Lipinski definition) is 0. The van der Waals surface area contributed by atoms with Crippen molar-refractivity contribution in [2.75, 3.05) is 0 Å². The van der Waals surface area contributed by atoms with Gasteiger partial charge in [0, 0.05) is 0 Å². The molecule has 9 rings (SSSR count). The molecule has 0 heterocycles. The van der Waals surface area contributed by atoms with Crippen LogP contribution in [-0.4, -0.2) is 9.95 Å². The van der Waals surface area contributed by atoms with Crippen LogP contribution in [0.25, 0.3) is 0 Å². The van der Waals surface area contributed by atoms with Crippen LogP contribution in [0.4, 0.5) is 0 Å². The standard InChI is InChI=1S/3C18H15P.CO.H2O.Rh/c3*1-4-10-16(11-5-1)19(17-12-6-2-7-13-17)18-14-8-3-9-15-18;1-2;;/h3*1-15H;;1H2;/q;;;;;+1/p-1. The van der Waals surface area contributed by atoms with Crippen LogP contribution in [0.15, 0.2) is 273 Å². The maximum absolute atomic E-state index is 8.63. The van der Waals surface area contributed by atoms with Crippen LogP contribution in [-0.2, 0) is 22.6 Å². The fraction of sp³-hybridized carbons (Fsp3) is 0. The van der Waals surface area contributed by atoms with Gasteiger partial charge in [0.25, 0.3) is 0 Å². The Morgan fingerprint density at radius 2 is 0.311 bits per heavy atom. The maximum Gasteiger partial charge on any atom is -0.0134 e. The largest absolute Gasteiger partial charge is 0.870 e. The van der Waals surface area contributed by atoms with E-state index in [9.17, 15) is 0 Å². The van der Waals surface area contributed by atoms with Crippen LogP contribution < -0.4 is 47.7 Å². The van der Waals surface area contributed by atoms with Gasteiger partial charge in [0.2, 0.25) is 0 Å². The Kier molecular flexibility index (Phi) is 20.3. The predicted octanol–water partition coefficient (Wildman–Crippen LogP) is 9.76. The molecule has 0 saturated heterocycles. The molecule has 61 heavy (non-hydrogen) atoms. The molecule has 0 radical (unpaired) electrons. The molecule has 0 fully saturated rings. The molecule has 0 amide bonds. The molecule has 9 aromatic carbocycles. The summed E-state index contributed by atoms with van der Waals surface area (Å²) in [6.07, 6.45) is 0. The van der Waals surface area contributed by atoms with Crippen LogP contribution in [0.3, 0.4) is 0 Å². The molecule has 0 unspecified atom stereocenters. The van der Waals surface area contributed by atoms with Crippen molar-refractivity contribution in [3.63, 3.8) is 0 Å². The van der Waals surface area contributed by atoms with Crippen LogP contribution >= 0.6 is 23.8 Å². The summed E-state index contributed by atoms with van der Waals surface area (Å²) >= 11 is 1.92. The van der Waals surface area contributed by atoms with Gasteiger partial charge in [0.1, 0.15) is 0 Å². The Balaban J connectivity index is 0.000000166. The molecule has 0 atom stereocenters. The summed E-state index contributed by atoms with van der Waals surface area (Å²) in [7, 11) is -1.34. The van der Waals surface area contributed by atoms with Gasteiger partial charge in [-0.25, -0.2) is 0 Å². The average Bonchev–Trinajstić information content (AvgIpc) is 3.33. The van der Waals surface area contributed by atoms with Crippen molar-refractivity contribution in [2.45, 2.75) is 0 Å². The van der Waals surface area contributed by atoms with Crippen LogP contribution in [0.1, 0.15) is 0 Å². The molecule has 0 aromatic heterocycles. The van der Waals surface area contributed by atoms with Crippen LogP contribution in [0, 0.1) is 0 Å². The van der Waals surface area contributed by atoms with Crippen molar-refractivity contribution < 1.29 is 28.1 Å². The van der Waals surface area contributed by atoms with Crippen molar-refractivity contribution in [3.05, 3.63) is 273 Å². The van der Waals surface area contributed by atoms with E-state index < -0.39 is 23.8 Å². The first-order valence-electron chi connectivity index (χ1n) is 19.6. The second-order valence-corrected chi connectivity index (χ2v) is 20.1. The third-order valence-electron chi connectivity index (χ3n) is 9.13. The van der Waals surface area contributed by atoms with Gasteiger partial charge in [-0.15, -0.1) is 0 Å². The number of carbonyl (C=O) groups excluding carboxylic acids is 1. The van der Waals surface area contributed by atoms with Gasteiger partial charge in [-0.2, -0.15) is 0 Å². The van der Waals surface area contributed by atoms with Crippen LogP contribution in [0.5, 0.6) is 0 Å². The van der Waals surface area contributed by atoms with Crippen molar-refractivity contribution in [2.24, 2.45) is 0 Å². The van der Waals surface area contributed by atoms with Gasteiger partial charge in [0.15, 0.2) is 0 Å². The first-order chi connectivity index (χ1) is 29.8. The average molecular weight is 935 g/mol. The second-order valence-electron chi connectivity index (χ2n) is 13.1. The topological polar surface area (TPSA) is 47.1 Å². The molecule has 2 nitrogen and oxygen atoms in total. The van der Waals surface area contributed by atoms with E-state index in [1.54, 1.807) is 0 Å². The van der Waals surface area contributed by atoms with E-state index in [4.69, 9.17) is 4.79 Å². The van der Waals surface area contributed by atoms with Gasteiger partial charge >= 0.3 is 27.1 Å². The van der Waals surface area contributed by atoms with E-state index in [1.165, 1.54) is 52.2 Å². The zero-order valence-corrected chi connectivity index (χ0v) is 37.8. The normalized spacial score (nSPS) is 10.0. The predicted molar refractivity (Wildman–Crippen MR) is 263 cm³/mol. The summed E-state index contributed by atoms with van der Waals surface area (Å²) in [5, 5.41) is 12.6. The molecule has 1 N–H and O–H groups in total. The van der Waals surface area contributed by atoms with Gasteiger partial charge < -0.3 is 5.48 Å². The molecule has 9 aromatic rings. The SMILES string of the molecule is O=[C]=[Rh+].[OH-].c1ccc(P(c2ccccc2)c2ccccc2)cc1.c1ccc(P(c2ccccc2)c2ccccc2)cc1.c1ccc(P(c2ccccc2)c2ccccc2)cc1. The Morgan fingerprint density at radius 1 is 0.230 bits per heavy atom. The summed E-state index contributed by atoms with van der Waals surface area (Å²) in [4.78, 5) is 8.63. The van der Waals surface area contributed by atoms with Crippen molar-refractivity contribution >= 4 is 76.0 Å². The monoisotopic (exact) mass is 934 g/mol. The van der Waals surface area contributed by atoms with Gasteiger partial charge in [0.05, 0.1) is 0 Å². The van der Waals surface area contributed by atoms with Crippen LogP contribution in [0.2, 0.25) is 0 Å². The Bertz CT molecular complexity index is 1970. The number of rotatable bonds is 9. The van der Waals surface area contributed by atoms with Gasteiger partial charge in [-0.3, -0.25) is 0 Å². The Labute approximate surface area is 374 Å². The van der Waals surface area contributed by atoms with E-state index in [-0.39, 0.29) is 5.48 Å². The van der Waals surface area contributed by atoms with E-state index in [0.29, 0.717) is 0 Å². The van der Waals surface area contributed by atoms with Crippen molar-refractivity contribution in [1.29, 1.82) is 0 Å². The summed E-state index contributed by atoms with van der Waals surface area (Å²) in [6, 6.07) is 97.0. The number of hydrogen-bond acceptors (Lipinski definition) is 2. The minimum atomic E-state index is -0.446. The smallest absolute Gasteiger partial charge is 0.0134 e. The summed E-state index contributed by atoms with van der Waals surface area (Å²) < 4.78 is 1.39. The molecular formula is C55H46O2P3Rh. The third-order valence-corrected chi connectivity index (χ3v) is 16.5. The second kappa shape index (κ2) is 26.6. The Hall–Kier alpha value is -5.57. The molecular weight excluding hydrogens is 888 g/mol. The third kappa shape index (κ3) is 14.3. The van der Waals surface area contributed by atoms with E-state index in [2.05, 4.69) is 273 Å². The molecule has 0 aliphatic carbocycles. The molecule has 0 bridgehead atoms. The fourth-order valence-electron chi connectivity index (χ4n) is 6.54. The molecule has 0 spiro atoms. The first kappa shape index (κ1) is 46.5. The molecule has 0 aliphatic heterocycles. The van der Waals surface area contributed by atoms with E-state index in [1.807, 2.05) is 17.9 Å². The molecule has 302 valence electrons. The number of benzene rings is 9. The van der Waals surface area contributed by atoms with Crippen molar-refractivity contribution in [3.8, 4) is 0 Å². The summed E-state index contributed by atoms with van der Waals surface area (Å²) in [6.45, 7) is 0. The van der Waals surface area contributed by atoms with E-state index >= 15 is 0 Å². The first-order valence-corrected chi connectivity index (χ1v) is 24.4. The fourth-order valence-corrected chi connectivity index (χ4v) is 13.5. The van der Waals surface area contributed by atoms with Gasteiger partial charge in [-0.05, 0) is 71.5 Å². The maximum atomic E-state index is 8.63. The Morgan fingerprint density at radius 3 is 0.393 bits per heavy atom. The molecule has 0 aliphatic rings. The van der Waals surface area contributed by atoms with E-state index in [0.717, 1.165) is 0 Å². The summed E-state index contributed by atoms with van der Waals surface area (Å²) in [5.41, 5.74) is 0. The minimum Gasteiger partial charge on any atom is -0.870 e. The quantitative estimate of drug-likeness (QED) is 0.107. The zero-order chi connectivity index (χ0) is 41.5. The minimum absolute atomic E-state index is 0. The summed E-state index contributed by atoms with van der Waals surface area (Å²) in [5.74, 6) is 0. The zero-order valence-electron chi connectivity index (χ0n) is 33.5.